The minimum atomic E-state index is -0.959. The topological polar surface area (TPSA) is 78.6 Å². The van der Waals surface area contributed by atoms with Gasteiger partial charge >= 0.3 is 12.1 Å². The molecule has 14 heavy (non-hydrogen) atoms. The molecule has 0 aromatic carbocycles. The molecule has 0 saturated heterocycles. The van der Waals surface area contributed by atoms with Crippen molar-refractivity contribution < 1.29 is 19.1 Å². The number of amides is 1. The fraction of sp³-hybridized carbons (Fsp3) is 0.778. The van der Waals surface area contributed by atoms with Gasteiger partial charge in [0.2, 0.25) is 6.29 Å². The summed E-state index contributed by atoms with van der Waals surface area (Å²) in [6.07, 6.45) is -1.88. The fourth-order valence-corrected chi connectivity index (χ4v) is 0.487. The minimum absolute atomic E-state index is 0.246. The van der Waals surface area contributed by atoms with Crippen LogP contribution in [0.5, 0.6) is 0 Å². The van der Waals surface area contributed by atoms with Gasteiger partial charge in [-0.05, 0) is 0 Å². The molecule has 5 nitrogen and oxygen atoms in total. The highest BCUT2D eigenvalue weighted by Gasteiger charge is 2.14. The van der Waals surface area contributed by atoms with Gasteiger partial charge in [0.15, 0.2) is 0 Å². The normalized spacial score (nSPS) is 11.0. The van der Waals surface area contributed by atoms with Gasteiger partial charge in [-0.3, -0.25) is 4.79 Å². The Morgan fingerprint density at radius 1 is 1.07 bits per heavy atom. The first-order valence-corrected chi connectivity index (χ1v) is 4.60. The highest BCUT2D eigenvalue weighted by atomic mass is 16.7. The van der Waals surface area contributed by atoms with E-state index in [4.69, 9.17) is 5.73 Å². The molecule has 2 N–H and O–H groups in total. The van der Waals surface area contributed by atoms with E-state index in [9.17, 15) is 9.59 Å². The van der Waals surface area contributed by atoms with Crippen LogP contribution >= 0.6 is 0 Å². The molecular weight excluding hydrogens is 186 g/mol. The molecule has 0 saturated carbocycles. The van der Waals surface area contributed by atoms with Crippen molar-refractivity contribution in [1.29, 1.82) is 0 Å². The molecule has 0 spiro atoms. The lowest BCUT2D eigenvalue weighted by atomic mass is 10.2. The second-order valence-corrected chi connectivity index (χ2v) is 2.60. The van der Waals surface area contributed by atoms with Gasteiger partial charge in [-0.1, -0.05) is 27.7 Å². The van der Waals surface area contributed by atoms with Crippen molar-refractivity contribution in [3.63, 3.8) is 0 Å². The molecule has 84 valence electrons. The highest BCUT2D eigenvalue weighted by molar-refractivity contribution is 5.72. The van der Waals surface area contributed by atoms with Crippen LogP contribution in [0.15, 0.2) is 0 Å². The molecule has 0 aliphatic rings. The first kappa shape index (κ1) is 15.2. The van der Waals surface area contributed by atoms with E-state index in [-0.39, 0.29) is 5.92 Å². The molecule has 0 heterocycles. The zero-order valence-corrected chi connectivity index (χ0v) is 9.37. The van der Waals surface area contributed by atoms with Crippen molar-refractivity contribution in [1.82, 2.24) is 0 Å². The fourth-order valence-electron chi connectivity index (χ4n) is 0.487. The maximum Gasteiger partial charge on any atom is 0.407 e. The van der Waals surface area contributed by atoms with Gasteiger partial charge in [0, 0.05) is 6.92 Å². The largest absolute Gasteiger partial charge is 0.425 e. The molecule has 1 unspecified atom stereocenters. The molecule has 0 radical (unpaired) electrons. The van der Waals surface area contributed by atoms with Crippen molar-refractivity contribution in [2.24, 2.45) is 11.7 Å². The van der Waals surface area contributed by atoms with E-state index in [2.05, 4.69) is 9.47 Å². The Morgan fingerprint density at radius 2 is 1.50 bits per heavy atom. The van der Waals surface area contributed by atoms with Gasteiger partial charge in [0.1, 0.15) is 0 Å². The van der Waals surface area contributed by atoms with Crippen LogP contribution < -0.4 is 5.73 Å². The summed E-state index contributed by atoms with van der Waals surface area (Å²) in [7, 11) is 0. The quantitative estimate of drug-likeness (QED) is 0.561. The van der Waals surface area contributed by atoms with Gasteiger partial charge < -0.3 is 15.2 Å². The number of primary amides is 1. The average Bonchev–Trinajstić information content (AvgIpc) is 2.05. The van der Waals surface area contributed by atoms with Gasteiger partial charge in [-0.25, -0.2) is 4.79 Å². The third-order valence-corrected chi connectivity index (χ3v) is 1.04. The average molecular weight is 205 g/mol. The summed E-state index contributed by atoms with van der Waals surface area (Å²) < 4.78 is 9.03. The molecular formula is C9H19NO4. The van der Waals surface area contributed by atoms with Crippen LogP contribution in [0.25, 0.3) is 0 Å². The van der Waals surface area contributed by atoms with Crippen molar-refractivity contribution in [2.45, 2.75) is 40.9 Å². The van der Waals surface area contributed by atoms with Crippen LogP contribution in [0.2, 0.25) is 0 Å². The molecule has 1 amide bonds. The van der Waals surface area contributed by atoms with E-state index in [0.29, 0.717) is 0 Å². The zero-order chi connectivity index (χ0) is 11.7. The zero-order valence-electron chi connectivity index (χ0n) is 9.37. The van der Waals surface area contributed by atoms with Crippen LogP contribution in [-0.4, -0.2) is 18.4 Å². The molecule has 1 atom stereocenters. The lowest BCUT2D eigenvalue weighted by molar-refractivity contribution is -0.168. The molecule has 0 aliphatic heterocycles. The van der Waals surface area contributed by atoms with E-state index < -0.39 is 18.4 Å². The standard InChI is InChI=1S/C7H13NO4.C2H6/c1-4(2)6(9)11-5(3)12-7(8)10;1-2/h4-5H,1-3H3,(H2,8,10);1-2H3. The van der Waals surface area contributed by atoms with Gasteiger partial charge in [0.05, 0.1) is 5.92 Å². The lowest BCUT2D eigenvalue weighted by Gasteiger charge is -2.13. The number of nitrogens with two attached hydrogens (primary N) is 1. The van der Waals surface area contributed by atoms with Crippen LogP contribution in [0, 0.1) is 5.92 Å². The molecule has 0 rings (SSSR count). The molecule has 5 heteroatoms. The Morgan fingerprint density at radius 3 is 1.79 bits per heavy atom. The van der Waals surface area contributed by atoms with E-state index in [0.717, 1.165) is 0 Å². The first-order chi connectivity index (χ1) is 6.43. The van der Waals surface area contributed by atoms with Crippen LogP contribution in [0.4, 0.5) is 4.79 Å². The monoisotopic (exact) mass is 205 g/mol. The number of rotatable bonds is 3. The SMILES string of the molecule is CC.CC(OC(N)=O)OC(=O)C(C)C. The molecule has 0 fully saturated rings. The van der Waals surface area contributed by atoms with E-state index in [1.165, 1.54) is 6.92 Å². The van der Waals surface area contributed by atoms with Crippen molar-refractivity contribution in [3.05, 3.63) is 0 Å². The van der Waals surface area contributed by atoms with Crippen molar-refractivity contribution in [3.8, 4) is 0 Å². The Balaban J connectivity index is 0. The lowest BCUT2D eigenvalue weighted by Crippen LogP contribution is -2.26. The summed E-state index contributed by atoms with van der Waals surface area (Å²) >= 11 is 0. The molecule has 0 aromatic rings. The second-order valence-electron chi connectivity index (χ2n) is 2.60. The number of ether oxygens (including phenoxy) is 2. The number of hydrogen-bond acceptors (Lipinski definition) is 4. The van der Waals surface area contributed by atoms with Crippen LogP contribution in [0.1, 0.15) is 34.6 Å². The smallest absolute Gasteiger partial charge is 0.407 e. The minimum Gasteiger partial charge on any atom is -0.425 e. The summed E-state index contributed by atoms with van der Waals surface area (Å²) in [6.45, 7) is 8.78. The molecule has 0 bridgehead atoms. The Kier molecular flexibility index (Phi) is 9.07. The van der Waals surface area contributed by atoms with E-state index >= 15 is 0 Å². The highest BCUT2D eigenvalue weighted by Crippen LogP contribution is 2.01. The Hall–Kier alpha value is -1.26. The summed E-state index contributed by atoms with van der Waals surface area (Å²) in [6, 6.07) is 0. The van der Waals surface area contributed by atoms with E-state index in [1.807, 2.05) is 13.8 Å². The number of carbonyl (C=O) groups excluding carboxylic acids is 2. The van der Waals surface area contributed by atoms with Crippen molar-refractivity contribution >= 4 is 12.1 Å². The van der Waals surface area contributed by atoms with Crippen LogP contribution in [0.3, 0.4) is 0 Å². The van der Waals surface area contributed by atoms with Gasteiger partial charge in [-0.15, -0.1) is 0 Å². The summed E-state index contributed by atoms with van der Waals surface area (Å²) in [5, 5.41) is 0. The maximum absolute atomic E-state index is 10.9. The Bertz CT molecular complexity index is 180. The van der Waals surface area contributed by atoms with E-state index in [1.54, 1.807) is 13.8 Å². The molecule has 0 aliphatic carbocycles. The summed E-state index contributed by atoms with van der Waals surface area (Å²) in [5.74, 6) is -0.673. The first-order valence-electron chi connectivity index (χ1n) is 4.60. The number of esters is 1. The predicted octanol–water partition coefficient (Wildman–Crippen LogP) is 1.65. The van der Waals surface area contributed by atoms with Crippen LogP contribution in [-0.2, 0) is 14.3 Å². The third-order valence-electron chi connectivity index (χ3n) is 1.04. The summed E-state index contributed by atoms with van der Waals surface area (Å²) in [5.41, 5.74) is 4.69. The van der Waals surface area contributed by atoms with Crippen molar-refractivity contribution in [2.75, 3.05) is 0 Å². The van der Waals surface area contributed by atoms with Gasteiger partial charge in [0.25, 0.3) is 0 Å². The summed E-state index contributed by atoms with van der Waals surface area (Å²) in [4.78, 5) is 21.1. The second kappa shape index (κ2) is 8.34. The maximum atomic E-state index is 10.9. The number of carbonyl (C=O) groups is 2. The third kappa shape index (κ3) is 8.83. The molecule has 0 aromatic heterocycles. The Labute approximate surface area is 84.6 Å². The van der Waals surface area contributed by atoms with Gasteiger partial charge in [-0.2, -0.15) is 0 Å². The number of hydrogen-bond donors (Lipinski definition) is 1. The predicted molar refractivity (Wildman–Crippen MR) is 52.4 cm³/mol.